The van der Waals surface area contributed by atoms with E-state index in [1.165, 1.54) is 0 Å². The fraction of sp³-hybridized carbons (Fsp3) is 1.00. The summed E-state index contributed by atoms with van der Waals surface area (Å²) in [5.74, 6) is 0. The predicted molar refractivity (Wildman–Crippen MR) is 65.3 cm³/mol. The highest BCUT2D eigenvalue weighted by Crippen LogP contribution is 2.34. The molecular weight excluding hydrogens is 265 g/mol. The van der Waals surface area contributed by atoms with Crippen molar-refractivity contribution >= 4 is 8.80 Å². The Morgan fingerprint density at radius 3 is 1.28 bits per heavy atom. The molecule has 0 rings (SSSR count). The highest BCUT2D eigenvalue weighted by atomic mass is 28.4. The van der Waals surface area contributed by atoms with Gasteiger partial charge in [0, 0.05) is 18.3 Å². The molecule has 0 aliphatic heterocycles. The van der Waals surface area contributed by atoms with Crippen LogP contribution in [0.4, 0.5) is 13.2 Å². The Hall–Kier alpha value is -0.113. The molecule has 3 nitrogen and oxygen atoms in total. The fourth-order valence-corrected chi connectivity index (χ4v) is 4.06. The minimum atomic E-state index is -4.42. The van der Waals surface area contributed by atoms with E-state index in [1.54, 1.807) is 41.5 Å². The molecule has 0 fully saturated rings. The Bertz CT molecular complexity index is 221. The Morgan fingerprint density at radius 1 is 0.833 bits per heavy atom. The van der Waals surface area contributed by atoms with Crippen LogP contribution in [0.3, 0.4) is 0 Å². The maximum atomic E-state index is 13.9. The second kappa shape index (κ2) is 6.88. The van der Waals surface area contributed by atoms with Crippen molar-refractivity contribution in [2.45, 2.75) is 65.4 Å². The molecule has 18 heavy (non-hydrogen) atoms. The molecule has 0 unspecified atom stereocenters. The van der Waals surface area contributed by atoms with Crippen LogP contribution < -0.4 is 0 Å². The SMILES string of the molecule is CC(C)O[Si](OC(C)C)(OC(C)C)C(F)(F)CF. The standard InChI is InChI=1S/C11H23F3O3Si/c1-8(2)15-18(16-9(3)4,17-10(5)6)11(13,14)7-12/h8-10H,7H2,1-6H3. The van der Waals surface area contributed by atoms with Gasteiger partial charge >= 0.3 is 14.4 Å². The summed E-state index contributed by atoms with van der Waals surface area (Å²) in [5, 5.41) is 0. The molecule has 0 aromatic heterocycles. The molecule has 110 valence electrons. The van der Waals surface area contributed by atoms with E-state index in [-0.39, 0.29) is 0 Å². The van der Waals surface area contributed by atoms with Gasteiger partial charge in [-0.05, 0) is 41.5 Å². The Morgan fingerprint density at radius 2 is 1.11 bits per heavy atom. The molecule has 0 N–H and O–H groups in total. The largest absolute Gasteiger partial charge is 0.578 e. The van der Waals surface area contributed by atoms with Crippen LogP contribution in [0.1, 0.15) is 41.5 Å². The van der Waals surface area contributed by atoms with Crippen molar-refractivity contribution in [1.82, 2.24) is 0 Å². The molecular formula is C11H23F3O3Si. The first kappa shape index (κ1) is 17.9. The van der Waals surface area contributed by atoms with Crippen LogP contribution in [0.2, 0.25) is 0 Å². The second-order valence-corrected chi connectivity index (χ2v) is 7.45. The van der Waals surface area contributed by atoms with E-state index in [1.807, 2.05) is 0 Å². The lowest BCUT2D eigenvalue weighted by atomic mass is 10.5. The van der Waals surface area contributed by atoms with Gasteiger partial charge in [-0.15, -0.1) is 0 Å². The quantitative estimate of drug-likeness (QED) is 0.641. The van der Waals surface area contributed by atoms with Crippen molar-refractivity contribution in [2.24, 2.45) is 0 Å². The van der Waals surface area contributed by atoms with Gasteiger partial charge in [0.05, 0.1) is 0 Å². The second-order valence-electron chi connectivity index (χ2n) is 4.89. The third-order valence-electron chi connectivity index (χ3n) is 1.79. The van der Waals surface area contributed by atoms with Gasteiger partial charge in [-0.25, -0.2) is 4.39 Å². The molecule has 0 heterocycles. The molecule has 0 saturated heterocycles. The van der Waals surface area contributed by atoms with Gasteiger partial charge in [0.2, 0.25) is 0 Å². The van der Waals surface area contributed by atoms with Crippen LogP contribution in [0, 0.1) is 0 Å². The lowest BCUT2D eigenvalue weighted by Gasteiger charge is -2.37. The van der Waals surface area contributed by atoms with E-state index >= 15 is 0 Å². The summed E-state index contributed by atoms with van der Waals surface area (Å²) in [6.07, 6.45) is -1.61. The first-order chi connectivity index (χ1) is 8.06. The van der Waals surface area contributed by atoms with Crippen molar-refractivity contribution < 1.29 is 26.4 Å². The van der Waals surface area contributed by atoms with Gasteiger partial charge in [0.25, 0.3) is 0 Å². The van der Waals surface area contributed by atoms with Crippen molar-refractivity contribution in [3.63, 3.8) is 0 Å². The number of rotatable bonds is 8. The van der Waals surface area contributed by atoms with E-state index in [0.29, 0.717) is 0 Å². The maximum absolute atomic E-state index is 13.9. The number of alkyl halides is 3. The monoisotopic (exact) mass is 288 g/mol. The summed E-state index contributed by atoms with van der Waals surface area (Å²) in [4.78, 5) is 0. The van der Waals surface area contributed by atoms with Crippen LogP contribution >= 0.6 is 0 Å². The summed E-state index contributed by atoms with van der Waals surface area (Å²) in [5.41, 5.74) is -3.74. The average Bonchev–Trinajstić information content (AvgIpc) is 2.13. The fourth-order valence-electron chi connectivity index (χ4n) is 1.35. The zero-order valence-electron chi connectivity index (χ0n) is 11.8. The van der Waals surface area contributed by atoms with Gasteiger partial charge in [-0.1, -0.05) is 0 Å². The van der Waals surface area contributed by atoms with E-state index < -0.39 is 39.3 Å². The van der Waals surface area contributed by atoms with Gasteiger partial charge in [-0.3, -0.25) is 0 Å². The topological polar surface area (TPSA) is 27.7 Å². The van der Waals surface area contributed by atoms with Gasteiger partial charge in [-0.2, -0.15) is 8.78 Å². The third-order valence-corrected chi connectivity index (χ3v) is 5.16. The van der Waals surface area contributed by atoms with Crippen molar-refractivity contribution in [2.75, 3.05) is 6.67 Å². The molecule has 0 aliphatic rings. The zero-order valence-corrected chi connectivity index (χ0v) is 12.8. The summed E-state index contributed by atoms with van der Waals surface area (Å²) in [6.45, 7) is 7.66. The summed E-state index contributed by atoms with van der Waals surface area (Å²) < 4.78 is 56.1. The molecule has 0 atom stereocenters. The van der Waals surface area contributed by atoms with E-state index in [4.69, 9.17) is 13.3 Å². The lowest BCUT2D eigenvalue weighted by molar-refractivity contribution is -0.0921. The van der Waals surface area contributed by atoms with Crippen LogP contribution in [-0.4, -0.2) is 39.3 Å². The Labute approximate surface area is 108 Å². The van der Waals surface area contributed by atoms with E-state index in [2.05, 4.69) is 0 Å². The Kier molecular flexibility index (Phi) is 6.84. The first-order valence-electron chi connectivity index (χ1n) is 6.03. The number of hydrogen-bond acceptors (Lipinski definition) is 3. The minimum Gasteiger partial charge on any atom is -0.367 e. The molecule has 7 heteroatoms. The van der Waals surface area contributed by atoms with E-state index in [9.17, 15) is 13.2 Å². The predicted octanol–water partition coefficient (Wildman–Crippen LogP) is 3.34. The third kappa shape index (κ3) is 4.87. The van der Waals surface area contributed by atoms with Gasteiger partial charge in [0.15, 0.2) is 6.67 Å². The molecule has 0 radical (unpaired) electrons. The summed E-state index contributed by atoms with van der Waals surface area (Å²) in [7, 11) is -4.42. The highest BCUT2D eigenvalue weighted by molar-refractivity contribution is 6.63. The van der Waals surface area contributed by atoms with Crippen LogP contribution in [0.25, 0.3) is 0 Å². The van der Waals surface area contributed by atoms with Crippen molar-refractivity contribution in [1.29, 1.82) is 0 Å². The number of halogens is 3. The van der Waals surface area contributed by atoms with Crippen molar-refractivity contribution in [3.8, 4) is 0 Å². The van der Waals surface area contributed by atoms with Gasteiger partial charge in [0.1, 0.15) is 0 Å². The normalized spacial score (nSPS) is 14.0. The van der Waals surface area contributed by atoms with Crippen LogP contribution in [0.15, 0.2) is 0 Å². The van der Waals surface area contributed by atoms with Crippen LogP contribution in [-0.2, 0) is 13.3 Å². The Balaban J connectivity index is 5.38. The summed E-state index contributed by atoms with van der Waals surface area (Å²) in [6, 6.07) is 0. The van der Waals surface area contributed by atoms with Gasteiger partial charge < -0.3 is 13.3 Å². The lowest BCUT2D eigenvalue weighted by Crippen LogP contribution is -2.64. The highest BCUT2D eigenvalue weighted by Gasteiger charge is 2.66. The van der Waals surface area contributed by atoms with Crippen LogP contribution in [0.5, 0.6) is 0 Å². The summed E-state index contributed by atoms with van der Waals surface area (Å²) >= 11 is 0. The molecule has 0 aromatic rings. The first-order valence-corrected chi connectivity index (χ1v) is 7.76. The molecule has 0 aliphatic carbocycles. The smallest absolute Gasteiger partial charge is 0.367 e. The minimum absolute atomic E-state index is 0.536. The molecule has 0 aromatic carbocycles. The maximum Gasteiger partial charge on any atom is 0.578 e. The molecule has 0 bridgehead atoms. The molecule has 0 amide bonds. The van der Waals surface area contributed by atoms with E-state index in [0.717, 1.165) is 0 Å². The van der Waals surface area contributed by atoms with Crippen molar-refractivity contribution in [3.05, 3.63) is 0 Å². The molecule has 0 spiro atoms. The molecule has 0 saturated carbocycles. The average molecular weight is 288 g/mol. The number of hydrogen-bond donors (Lipinski definition) is 0. The zero-order chi connectivity index (χ0) is 14.6.